The van der Waals surface area contributed by atoms with Crippen LogP contribution in [0.25, 0.3) is 10.9 Å². The summed E-state index contributed by atoms with van der Waals surface area (Å²) in [7, 11) is 0. The zero-order valence-corrected chi connectivity index (χ0v) is 8.22. The van der Waals surface area contributed by atoms with Crippen molar-refractivity contribution in [2.75, 3.05) is 0 Å². The quantitative estimate of drug-likeness (QED) is 0.561. The van der Waals surface area contributed by atoms with E-state index in [1.165, 1.54) is 0 Å². The van der Waals surface area contributed by atoms with Crippen molar-refractivity contribution < 1.29 is 0 Å². The van der Waals surface area contributed by atoms with Gasteiger partial charge in [0.2, 0.25) is 0 Å². The van der Waals surface area contributed by atoms with Gasteiger partial charge < -0.3 is 11.5 Å². The number of pyridine rings is 1. The molecular weight excluding hydrogens is 188 g/mol. The van der Waals surface area contributed by atoms with E-state index >= 15 is 0 Å². The number of nitrogens with two attached hydrogens (primary N) is 2. The van der Waals surface area contributed by atoms with Gasteiger partial charge in [-0.15, -0.1) is 0 Å². The Bertz CT molecular complexity index is 495. The summed E-state index contributed by atoms with van der Waals surface area (Å²) in [6.45, 7) is 0.469. The molecule has 0 bridgehead atoms. The fraction of sp³-hybridized carbons (Fsp3) is 0.0909. The zero-order valence-electron chi connectivity index (χ0n) is 8.22. The minimum atomic E-state index is 0.0999. The molecule has 1 aromatic heterocycles. The van der Waals surface area contributed by atoms with E-state index in [-0.39, 0.29) is 5.96 Å². The third kappa shape index (κ3) is 2.04. The van der Waals surface area contributed by atoms with Crippen molar-refractivity contribution in [3.63, 3.8) is 0 Å². The van der Waals surface area contributed by atoms with Crippen LogP contribution in [0.4, 0.5) is 0 Å². The Kier molecular flexibility index (Phi) is 2.49. The second-order valence-electron chi connectivity index (χ2n) is 3.23. The fourth-order valence-electron chi connectivity index (χ4n) is 1.47. The number of rotatable bonds is 2. The summed E-state index contributed by atoms with van der Waals surface area (Å²) in [5.41, 5.74) is 12.6. The second-order valence-corrected chi connectivity index (χ2v) is 3.23. The molecule has 0 unspecified atom stereocenters. The Morgan fingerprint density at radius 1 is 1.20 bits per heavy atom. The lowest BCUT2D eigenvalue weighted by molar-refractivity contribution is 1.06. The molecular formula is C11H12N4. The van der Waals surface area contributed by atoms with E-state index in [0.29, 0.717) is 6.54 Å². The highest BCUT2D eigenvalue weighted by atomic mass is 15.0. The molecule has 0 aliphatic carbocycles. The Labute approximate surface area is 87.6 Å². The highest BCUT2D eigenvalue weighted by Gasteiger charge is 1.99. The standard InChI is InChI=1S/C11H12N4/c12-11(13)15-7-9-4-1-3-8-5-2-6-14-10(8)9/h1-6H,7H2,(H4,12,13,15). The van der Waals surface area contributed by atoms with E-state index in [9.17, 15) is 0 Å². The van der Waals surface area contributed by atoms with Crippen LogP contribution in [-0.2, 0) is 6.54 Å². The van der Waals surface area contributed by atoms with E-state index in [0.717, 1.165) is 16.5 Å². The maximum atomic E-state index is 5.29. The van der Waals surface area contributed by atoms with Gasteiger partial charge in [-0.2, -0.15) is 0 Å². The molecule has 15 heavy (non-hydrogen) atoms. The highest BCUT2D eigenvalue weighted by Crippen LogP contribution is 2.16. The molecule has 1 heterocycles. The third-order valence-electron chi connectivity index (χ3n) is 2.15. The number of benzene rings is 1. The molecule has 0 saturated heterocycles. The smallest absolute Gasteiger partial charge is 0.186 e. The number of aromatic nitrogens is 1. The molecule has 2 aromatic rings. The van der Waals surface area contributed by atoms with Crippen LogP contribution < -0.4 is 11.5 Å². The first-order valence-corrected chi connectivity index (χ1v) is 4.65. The Balaban J connectivity index is 2.47. The van der Waals surface area contributed by atoms with Crippen molar-refractivity contribution in [1.29, 1.82) is 0 Å². The first-order chi connectivity index (χ1) is 7.27. The van der Waals surface area contributed by atoms with Crippen LogP contribution in [0.3, 0.4) is 0 Å². The number of aliphatic imine (C=N–C) groups is 1. The van der Waals surface area contributed by atoms with Crippen molar-refractivity contribution in [3.05, 3.63) is 42.1 Å². The summed E-state index contributed by atoms with van der Waals surface area (Å²) in [4.78, 5) is 8.29. The summed E-state index contributed by atoms with van der Waals surface area (Å²) >= 11 is 0. The van der Waals surface area contributed by atoms with Crippen molar-refractivity contribution in [2.24, 2.45) is 16.5 Å². The summed E-state index contributed by atoms with van der Waals surface area (Å²) in [6, 6.07) is 9.89. The molecule has 0 radical (unpaired) electrons. The van der Waals surface area contributed by atoms with Crippen LogP contribution in [0.15, 0.2) is 41.5 Å². The predicted molar refractivity (Wildman–Crippen MR) is 61.3 cm³/mol. The minimum Gasteiger partial charge on any atom is -0.370 e. The summed E-state index contributed by atoms with van der Waals surface area (Å²) in [5.74, 6) is 0.0999. The predicted octanol–water partition coefficient (Wildman–Crippen LogP) is 1.01. The molecule has 0 aliphatic heterocycles. The molecule has 76 valence electrons. The number of para-hydroxylation sites is 1. The number of nitrogens with zero attached hydrogens (tertiary/aromatic N) is 2. The Morgan fingerprint density at radius 3 is 2.80 bits per heavy atom. The van der Waals surface area contributed by atoms with E-state index in [1.54, 1.807) is 6.20 Å². The molecule has 1 aromatic carbocycles. The van der Waals surface area contributed by atoms with Gasteiger partial charge in [-0.05, 0) is 11.6 Å². The van der Waals surface area contributed by atoms with E-state index in [2.05, 4.69) is 9.98 Å². The van der Waals surface area contributed by atoms with Crippen LogP contribution >= 0.6 is 0 Å². The zero-order chi connectivity index (χ0) is 10.7. The normalized spacial score (nSPS) is 10.1. The monoisotopic (exact) mass is 200 g/mol. The Hall–Kier alpha value is -2.10. The average Bonchev–Trinajstić information content (AvgIpc) is 2.26. The van der Waals surface area contributed by atoms with E-state index < -0.39 is 0 Å². The van der Waals surface area contributed by atoms with Crippen LogP contribution in [0.2, 0.25) is 0 Å². The van der Waals surface area contributed by atoms with E-state index in [4.69, 9.17) is 11.5 Å². The molecule has 0 aliphatic rings. The first kappa shape index (κ1) is 9.45. The third-order valence-corrected chi connectivity index (χ3v) is 2.15. The van der Waals surface area contributed by atoms with Gasteiger partial charge >= 0.3 is 0 Å². The molecule has 0 saturated carbocycles. The van der Waals surface area contributed by atoms with Crippen LogP contribution in [0.5, 0.6) is 0 Å². The lowest BCUT2D eigenvalue weighted by Crippen LogP contribution is -2.22. The van der Waals surface area contributed by atoms with Gasteiger partial charge in [0.25, 0.3) is 0 Å². The largest absolute Gasteiger partial charge is 0.370 e. The van der Waals surface area contributed by atoms with Crippen molar-refractivity contribution in [1.82, 2.24) is 4.98 Å². The molecule has 0 fully saturated rings. The molecule has 4 N–H and O–H groups in total. The summed E-state index contributed by atoms with van der Waals surface area (Å²) < 4.78 is 0. The molecule has 4 heteroatoms. The number of guanidine groups is 1. The van der Waals surface area contributed by atoms with Gasteiger partial charge in [0.15, 0.2) is 5.96 Å². The van der Waals surface area contributed by atoms with Crippen LogP contribution in [0, 0.1) is 0 Å². The van der Waals surface area contributed by atoms with Gasteiger partial charge in [0, 0.05) is 11.6 Å². The highest BCUT2D eigenvalue weighted by molar-refractivity contribution is 5.82. The van der Waals surface area contributed by atoms with Gasteiger partial charge in [0.05, 0.1) is 12.1 Å². The van der Waals surface area contributed by atoms with Crippen LogP contribution in [0.1, 0.15) is 5.56 Å². The number of hydrogen-bond donors (Lipinski definition) is 2. The van der Waals surface area contributed by atoms with Gasteiger partial charge in [-0.25, -0.2) is 4.99 Å². The van der Waals surface area contributed by atoms with Gasteiger partial charge in [-0.1, -0.05) is 24.3 Å². The fourth-order valence-corrected chi connectivity index (χ4v) is 1.47. The molecule has 0 spiro atoms. The van der Waals surface area contributed by atoms with Crippen LogP contribution in [-0.4, -0.2) is 10.9 Å². The van der Waals surface area contributed by atoms with Gasteiger partial charge in [0.1, 0.15) is 0 Å². The SMILES string of the molecule is NC(N)=NCc1cccc2cccnc12. The average molecular weight is 200 g/mol. The van der Waals surface area contributed by atoms with Crippen molar-refractivity contribution in [3.8, 4) is 0 Å². The number of hydrogen-bond acceptors (Lipinski definition) is 2. The van der Waals surface area contributed by atoms with Crippen molar-refractivity contribution >= 4 is 16.9 Å². The van der Waals surface area contributed by atoms with Gasteiger partial charge in [-0.3, -0.25) is 4.98 Å². The minimum absolute atomic E-state index is 0.0999. The first-order valence-electron chi connectivity index (χ1n) is 4.65. The lowest BCUT2D eigenvalue weighted by Gasteiger charge is -2.02. The molecule has 0 atom stereocenters. The molecule has 4 nitrogen and oxygen atoms in total. The maximum absolute atomic E-state index is 5.29. The Morgan fingerprint density at radius 2 is 2.00 bits per heavy atom. The molecule has 0 amide bonds. The number of fused-ring (bicyclic) bond motifs is 1. The molecule has 2 rings (SSSR count). The summed E-state index contributed by atoms with van der Waals surface area (Å²) in [6.07, 6.45) is 1.77. The lowest BCUT2D eigenvalue weighted by atomic mass is 10.1. The topological polar surface area (TPSA) is 77.3 Å². The summed E-state index contributed by atoms with van der Waals surface area (Å²) in [5, 5.41) is 1.10. The van der Waals surface area contributed by atoms with Crippen molar-refractivity contribution in [2.45, 2.75) is 6.54 Å². The second kappa shape index (κ2) is 3.96. The maximum Gasteiger partial charge on any atom is 0.186 e. The van der Waals surface area contributed by atoms with E-state index in [1.807, 2.05) is 30.3 Å².